The maximum absolute atomic E-state index is 12.1. The van der Waals surface area contributed by atoms with Gasteiger partial charge in [0.1, 0.15) is 11.4 Å². The Kier molecular flexibility index (Phi) is 4.27. The molecule has 7 heteroatoms. The molecule has 1 spiro atoms. The molecular weight excluding hydrogens is 318 g/mol. The number of hydrogen-bond acceptors (Lipinski definition) is 5. The molecular formula is C18H23N5O2. The van der Waals surface area contributed by atoms with Crippen molar-refractivity contribution in [2.75, 3.05) is 20.1 Å². The van der Waals surface area contributed by atoms with Gasteiger partial charge in [-0.2, -0.15) is 0 Å². The monoisotopic (exact) mass is 341 g/mol. The van der Waals surface area contributed by atoms with Crippen molar-refractivity contribution in [2.45, 2.75) is 37.6 Å². The van der Waals surface area contributed by atoms with E-state index in [0.29, 0.717) is 6.54 Å². The first-order valence-electron chi connectivity index (χ1n) is 8.72. The molecule has 0 radical (unpaired) electrons. The Balaban J connectivity index is 1.50. The Morgan fingerprint density at radius 1 is 1.32 bits per heavy atom. The summed E-state index contributed by atoms with van der Waals surface area (Å²) in [7, 11) is 1.65. The van der Waals surface area contributed by atoms with Gasteiger partial charge in [-0.1, -0.05) is 0 Å². The number of carbonyl (C=O) groups excluding carboxylic acids is 1. The van der Waals surface area contributed by atoms with Crippen LogP contribution in [-0.4, -0.2) is 51.6 Å². The number of pyridine rings is 1. The molecule has 0 saturated carbocycles. The normalized spacial score (nSPS) is 22.5. The van der Waals surface area contributed by atoms with Crippen LogP contribution in [0.2, 0.25) is 0 Å². The lowest BCUT2D eigenvalue weighted by Gasteiger charge is -2.45. The molecule has 0 unspecified atom stereocenters. The van der Waals surface area contributed by atoms with Crippen molar-refractivity contribution < 1.29 is 9.53 Å². The smallest absolute Gasteiger partial charge is 0.250 e. The minimum Gasteiger partial charge on any atom is -0.357 e. The van der Waals surface area contributed by atoms with Gasteiger partial charge >= 0.3 is 0 Å². The molecule has 2 aromatic rings. The highest BCUT2D eigenvalue weighted by molar-refractivity contribution is 5.80. The molecule has 4 heterocycles. The summed E-state index contributed by atoms with van der Waals surface area (Å²) in [5.74, 6) is 0.883. The average Bonchev–Trinajstić information content (AvgIpc) is 3.13. The molecule has 0 aliphatic carbocycles. The number of ether oxygens (including phenoxy) is 1. The summed E-state index contributed by atoms with van der Waals surface area (Å²) in [6.45, 7) is 3.26. The van der Waals surface area contributed by atoms with Crippen LogP contribution >= 0.6 is 0 Å². The van der Waals surface area contributed by atoms with Gasteiger partial charge < -0.3 is 14.6 Å². The van der Waals surface area contributed by atoms with Crippen LogP contribution in [0.3, 0.4) is 0 Å². The summed E-state index contributed by atoms with van der Waals surface area (Å²) >= 11 is 0. The van der Waals surface area contributed by atoms with Crippen molar-refractivity contribution in [2.24, 2.45) is 0 Å². The third kappa shape index (κ3) is 3.05. The van der Waals surface area contributed by atoms with Gasteiger partial charge in [0.15, 0.2) is 6.10 Å². The van der Waals surface area contributed by atoms with Gasteiger partial charge in [-0.15, -0.1) is 0 Å². The molecule has 4 rings (SSSR count). The van der Waals surface area contributed by atoms with Crippen molar-refractivity contribution in [1.82, 2.24) is 24.8 Å². The molecule has 0 bridgehead atoms. The number of piperidine rings is 1. The predicted octanol–water partition coefficient (Wildman–Crippen LogP) is 0.914. The number of likely N-dealkylation sites (tertiary alicyclic amines) is 1. The molecule has 25 heavy (non-hydrogen) atoms. The summed E-state index contributed by atoms with van der Waals surface area (Å²) in [4.78, 5) is 23.2. The Morgan fingerprint density at radius 3 is 2.80 bits per heavy atom. The van der Waals surface area contributed by atoms with Crippen LogP contribution in [0.5, 0.6) is 0 Å². The van der Waals surface area contributed by atoms with Gasteiger partial charge in [-0.05, 0) is 30.5 Å². The van der Waals surface area contributed by atoms with Crippen LogP contribution in [0.15, 0.2) is 36.9 Å². The quantitative estimate of drug-likeness (QED) is 0.899. The number of nitrogens with zero attached hydrogens (tertiary/aromatic N) is 4. The number of imidazole rings is 1. The van der Waals surface area contributed by atoms with E-state index in [1.807, 2.05) is 18.6 Å². The molecule has 0 aromatic carbocycles. The second-order valence-corrected chi connectivity index (χ2v) is 6.75. The van der Waals surface area contributed by atoms with E-state index in [-0.39, 0.29) is 5.91 Å². The number of aromatic nitrogens is 3. The van der Waals surface area contributed by atoms with Crippen molar-refractivity contribution in [3.05, 3.63) is 48.3 Å². The van der Waals surface area contributed by atoms with Crippen molar-refractivity contribution >= 4 is 5.91 Å². The third-order valence-corrected chi connectivity index (χ3v) is 5.21. The van der Waals surface area contributed by atoms with E-state index in [9.17, 15) is 4.79 Å². The van der Waals surface area contributed by atoms with Gasteiger partial charge in [-0.3, -0.25) is 14.7 Å². The number of rotatable bonds is 3. The lowest BCUT2D eigenvalue weighted by atomic mass is 9.88. The van der Waals surface area contributed by atoms with Crippen molar-refractivity contribution in [3.8, 4) is 0 Å². The largest absolute Gasteiger partial charge is 0.357 e. The zero-order valence-electron chi connectivity index (χ0n) is 14.4. The summed E-state index contributed by atoms with van der Waals surface area (Å²) < 4.78 is 8.39. The molecule has 2 aliphatic heterocycles. The summed E-state index contributed by atoms with van der Waals surface area (Å²) in [5.41, 5.74) is 0.800. The van der Waals surface area contributed by atoms with Crippen LogP contribution in [0, 0.1) is 0 Å². The van der Waals surface area contributed by atoms with E-state index in [4.69, 9.17) is 4.74 Å². The standard InChI is InChI=1S/C18H23N5O2/c1-19-16(24)15-13-23-11-8-21-17(23)18(25-15)4-9-22(10-5-18)12-14-2-6-20-7-3-14/h2-3,6-8,11,15H,4-5,9-10,12-13H2,1H3,(H,19,24)/t15-/m0/s1. The fourth-order valence-corrected chi connectivity index (χ4v) is 3.85. The summed E-state index contributed by atoms with van der Waals surface area (Å²) in [5, 5.41) is 2.71. The zero-order chi connectivity index (χ0) is 17.3. The minimum atomic E-state index is -0.465. The number of amides is 1. The number of likely N-dealkylation sites (N-methyl/N-ethyl adjacent to an activating group) is 1. The van der Waals surface area contributed by atoms with E-state index in [1.54, 1.807) is 13.2 Å². The fourth-order valence-electron chi connectivity index (χ4n) is 3.85. The highest BCUT2D eigenvalue weighted by Crippen LogP contribution is 2.40. The number of fused-ring (bicyclic) bond motifs is 2. The Morgan fingerprint density at radius 2 is 2.08 bits per heavy atom. The zero-order valence-corrected chi connectivity index (χ0v) is 14.4. The van der Waals surface area contributed by atoms with E-state index in [0.717, 1.165) is 38.3 Å². The molecule has 1 saturated heterocycles. The van der Waals surface area contributed by atoms with Crippen LogP contribution in [0.25, 0.3) is 0 Å². The third-order valence-electron chi connectivity index (χ3n) is 5.21. The summed E-state index contributed by atoms with van der Waals surface area (Å²) in [6.07, 6.45) is 8.62. The van der Waals surface area contributed by atoms with Crippen LogP contribution in [-0.2, 0) is 28.2 Å². The Bertz CT molecular complexity index is 737. The maximum Gasteiger partial charge on any atom is 0.250 e. The van der Waals surface area contributed by atoms with Gasteiger partial charge in [0, 0.05) is 51.5 Å². The second-order valence-electron chi connectivity index (χ2n) is 6.75. The molecule has 7 nitrogen and oxygen atoms in total. The molecule has 1 N–H and O–H groups in total. The van der Waals surface area contributed by atoms with E-state index >= 15 is 0 Å². The molecule has 2 aromatic heterocycles. The second kappa shape index (κ2) is 6.57. The van der Waals surface area contributed by atoms with E-state index in [2.05, 4.69) is 36.9 Å². The SMILES string of the molecule is CNC(=O)[C@@H]1Cn2ccnc2C2(CCN(Cc3ccncc3)CC2)O1. The lowest BCUT2D eigenvalue weighted by molar-refractivity contribution is -0.173. The van der Waals surface area contributed by atoms with Gasteiger partial charge in [0.25, 0.3) is 5.91 Å². The van der Waals surface area contributed by atoms with Gasteiger partial charge in [-0.25, -0.2) is 4.98 Å². The Hall–Kier alpha value is -2.25. The first-order chi connectivity index (χ1) is 12.2. The first-order valence-corrected chi connectivity index (χ1v) is 8.72. The molecule has 2 aliphatic rings. The van der Waals surface area contributed by atoms with Gasteiger partial charge in [0.05, 0.1) is 6.54 Å². The number of carbonyl (C=O) groups is 1. The van der Waals surface area contributed by atoms with Crippen molar-refractivity contribution in [1.29, 1.82) is 0 Å². The average molecular weight is 341 g/mol. The topological polar surface area (TPSA) is 72.3 Å². The minimum absolute atomic E-state index is 0.0714. The highest BCUT2D eigenvalue weighted by atomic mass is 16.5. The highest BCUT2D eigenvalue weighted by Gasteiger charge is 2.46. The molecule has 1 amide bonds. The summed E-state index contributed by atoms with van der Waals surface area (Å²) in [6, 6.07) is 4.10. The van der Waals surface area contributed by atoms with Gasteiger partial charge in [0.2, 0.25) is 0 Å². The lowest BCUT2D eigenvalue weighted by Crippen LogP contribution is -2.53. The number of hydrogen-bond donors (Lipinski definition) is 1. The van der Waals surface area contributed by atoms with Crippen LogP contribution in [0.4, 0.5) is 0 Å². The van der Waals surface area contributed by atoms with E-state index < -0.39 is 11.7 Å². The maximum atomic E-state index is 12.1. The van der Waals surface area contributed by atoms with Crippen LogP contribution < -0.4 is 5.32 Å². The Labute approximate surface area is 147 Å². The molecule has 1 atom stereocenters. The molecule has 132 valence electrons. The predicted molar refractivity (Wildman–Crippen MR) is 91.6 cm³/mol. The first kappa shape index (κ1) is 16.2. The van der Waals surface area contributed by atoms with Crippen molar-refractivity contribution in [3.63, 3.8) is 0 Å². The molecule has 1 fully saturated rings. The van der Waals surface area contributed by atoms with E-state index in [1.165, 1.54) is 5.56 Å². The fraction of sp³-hybridized carbons (Fsp3) is 0.500. The number of nitrogens with one attached hydrogen (secondary N) is 1. The van der Waals surface area contributed by atoms with Crippen LogP contribution in [0.1, 0.15) is 24.2 Å².